The summed E-state index contributed by atoms with van der Waals surface area (Å²) in [6.07, 6.45) is 2.40. The van der Waals surface area contributed by atoms with Gasteiger partial charge in [-0.15, -0.1) is 0 Å². The molecule has 0 saturated carbocycles. The molecule has 1 aliphatic rings. The first-order chi connectivity index (χ1) is 8.08. The van der Waals surface area contributed by atoms with E-state index < -0.39 is 11.8 Å². The summed E-state index contributed by atoms with van der Waals surface area (Å²) in [4.78, 5) is 21.2. The molecular formula is C11H7BrO5. The van der Waals surface area contributed by atoms with Crippen LogP contribution in [0.25, 0.3) is 6.08 Å². The first kappa shape index (κ1) is 11.7. The van der Waals surface area contributed by atoms with Crippen molar-refractivity contribution in [1.29, 1.82) is 0 Å². The first-order valence-corrected chi connectivity index (χ1v) is 5.41. The van der Waals surface area contributed by atoms with E-state index in [0.29, 0.717) is 21.5 Å². The van der Waals surface area contributed by atoms with E-state index in [1.165, 1.54) is 6.08 Å². The van der Waals surface area contributed by atoms with Crippen molar-refractivity contribution >= 4 is 33.8 Å². The third-order valence-electron chi connectivity index (χ3n) is 2.09. The molecule has 0 fully saturated rings. The van der Waals surface area contributed by atoms with Gasteiger partial charge in [0.15, 0.2) is 11.5 Å². The number of benzene rings is 1. The summed E-state index contributed by atoms with van der Waals surface area (Å²) in [5.41, 5.74) is 0.649. The largest absolute Gasteiger partial charge is 0.475 e. The maximum atomic E-state index is 10.9. The highest BCUT2D eigenvalue weighted by atomic mass is 79.9. The number of carbonyl (C=O) groups is 2. The van der Waals surface area contributed by atoms with Crippen molar-refractivity contribution in [2.24, 2.45) is 0 Å². The minimum Gasteiger partial charge on any atom is -0.475 e. The van der Waals surface area contributed by atoms with Crippen LogP contribution in [-0.2, 0) is 9.59 Å². The molecule has 0 amide bonds. The number of halogens is 1. The molecule has 1 heterocycles. The van der Waals surface area contributed by atoms with Gasteiger partial charge >= 0.3 is 5.97 Å². The fraction of sp³-hybridized carbons (Fsp3) is 0.0909. The second kappa shape index (κ2) is 4.58. The quantitative estimate of drug-likeness (QED) is 0.681. The molecule has 0 saturated heterocycles. The smallest absolute Gasteiger partial charge is 0.376 e. The average molecular weight is 299 g/mol. The summed E-state index contributed by atoms with van der Waals surface area (Å²) < 4.78 is 11.1. The van der Waals surface area contributed by atoms with Crippen LogP contribution in [0.1, 0.15) is 5.56 Å². The molecular weight excluding hydrogens is 292 g/mol. The molecule has 1 aromatic carbocycles. The van der Waals surface area contributed by atoms with Gasteiger partial charge in [-0.1, -0.05) is 6.08 Å². The molecule has 6 heteroatoms. The lowest BCUT2D eigenvalue weighted by atomic mass is 10.1. The van der Waals surface area contributed by atoms with E-state index in [1.54, 1.807) is 12.1 Å². The summed E-state index contributed by atoms with van der Waals surface area (Å²) in [5, 5.41) is 8.41. The zero-order chi connectivity index (χ0) is 12.4. The Morgan fingerprint density at radius 2 is 2.12 bits per heavy atom. The Bertz CT molecular complexity index is 521. The summed E-state index contributed by atoms with van der Waals surface area (Å²) in [6, 6.07) is 3.37. The van der Waals surface area contributed by atoms with Crippen LogP contribution in [0.4, 0.5) is 0 Å². The topological polar surface area (TPSA) is 72.8 Å². The van der Waals surface area contributed by atoms with Gasteiger partial charge in [0, 0.05) is 0 Å². The van der Waals surface area contributed by atoms with Gasteiger partial charge in [-0.2, -0.15) is 0 Å². The average Bonchev–Trinajstić information content (AvgIpc) is 2.74. The molecule has 0 atom stereocenters. The Morgan fingerprint density at radius 3 is 2.82 bits per heavy atom. The summed E-state index contributed by atoms with van der Waals surface area (Å²) >= 11 is 3.29. The van der Waals surface area contributed by atoms with Crippen LogP contribution in [-0.4, -0.2) is 23.7 Å². The van der Waals surface area contributed by atoms with Crippen molar-refractivity contribution in [3.8, 4) is 11.5 Å². The van der Waals surface area contributed by atoms with Gasteiger partial charge in [-0.25, -0.2) is 4.79 Å². The number of carbonyl (C=O) groups excluding carboxylic acids is 1. The second-order valence-electron chi connectivity index (χ2n) is 3.24. The highest BCUT2D eigenvalue weighted by molar-refractivity contribution is 9.10. The molecule has 88 valence electrons. The molecule has 17 heavy (non-hydrogen) atoms. The van der Waals surface area contributed by atoms with Crippen molar-refractivity contribution in [2.45, 2.75) is 0 Å². The number of carboxylic acid groups (broad SMARTS) is 1. The van der Waals surface area contributed by atoms with Gasteiger partial charge in [0.05, 0.1) is 4.47 Å². The Labute approximate surface area is 105 Å². The van der Waals surface area contributed by atoms with E-state index in [-0.39, 0.29) is 6.79 Å². The maximum Gasteiger partial charge on any atom is 0.376 e. The van der Waals surface area contributed by atoms with E-state index in [9.17, 15) is 9.59 Å². The van der Waals surface area contributed by atoms with Crippen LogP contribution in [0.15, 0.2) is 22.7 Å². The van der Waals surface area contributed by atoms with Crippen molar-refractivity contribution in [2.75, 3.05) is 6.79 Å². The number of ketones is 1. The monoisotopic (exact) mass is 298 g/mol. The number of ether oxygens (including phenoxy) is 2. The number of hydrogen-bond donors (Lipinski definition) is 1. The first-order valence-electron chi connectivity index (χ1n) is 4.62. The van der Waals surface area contributed by atoms with E-state index in [1.807, 2.05) is 0 Å². The lowest BCUT2D eigenvalue weighted by Crippen LogP contribution is -2.08. The molecule has 0 aromatic heterocycles. The van der Waals surface area contributed by atoms with E-state index in [0.717, 1.165) is 6.08 Å². The molecule has 1 aromatic rings. The van der Waals surface area contributed by atoms with Crippen LogP contribution in [0.2, 0.25) is 0 Å². The SMILES string of the molecule is O=C(O)C(=O)/C=C/c1cc(Br)c2c(c1)OCO2. The van der Waals surface area contributed by atoms with Crippen molar-refractivity contribution in [3.05, 3.63) is 28.2 Å². The number of carboxylic acids is 1. The molecule has 1 N–H and O–H groups in total. The number of rotatable bonds is 3. The molecule has 5 nitrogen and oxygen atoms in total. The van der Waals surface area contributed by atoms with Crippen LogP contribution in [0.5, 0.6) is 11.5 Å². The van der Waals surface area contributed by atoms with Crippen LogP contribution < -0.4 is 9.47 Å². The Balaban J connectivity index is 2.26. The molecule has 2 rings (SSSR count). The van der Waals surface area contributed by atoms with Gasteiger partial charge in [0.1, 0.15) is 0 Å². The third-order valence-corrected chi connectivity index (χ3v) is 2.68. The summed E-state index contributed by atoms with van der Waals surface area (Å²) in [5.74, 6) is -1.30. The number of hydrogen-bond acceptors (Lipinski definition) is 4. The fourth-order valence-electron chi connectivity index (χ4n) is 1.33. The number of fused-ring (bicyclic) bond motifs is 1. The Hall–Kier alpha value is -1.82. The van der Waals surface area contributed by atoms with E-state index in [4.69, 9.17) is 14.6 Å². The van der Waals surface area contributed by atoms with Gasteiger partial charge in [-0.05, 0) is 39.7 Å². The molecule has 0 aliphatic carbocycles. The Kier molecular flexibility index (Phi) is 3.14. The summed E-state index contributed by atoms with van der Waals surface area (Å²) in [7, 11) is 0. The van der Waals surface area contributed by atoms with Crippen molar-refractivity contribution in [3.63, 3.8) is 0 Å². The fourth-order valence-corrected chi connectivity index (χ4v) is 1.90. The van der Waals surface area contributed by atoms with Crippen LogP contribution in [0.3, 0.4) is 0 Å². The maximum absolute atomic E-state index is 10.9. The second-order valence-corrected chi connectivity index (χ2v) is 4.09. The predicted octanol–water partition coefficient (Wildman–Crippen LogP) is 1.84. The minimum absolute atomic E-state index is 0.148. The lowest BCUT2D eigenvalue weighted by molar-refractivity contribution is -0.146. The Morgan fingerprint density at radius 1 is 1.35 bits per heavy atom. The molecule has 0 unspecified atom stereocenters. The van der Waals surface area contributed by atoms with E-state index in [2.05, 4.69) is 15.9 Å². The molecule has 0 spiro atoms. The summed E-state index contributed by atoms with van der Waals surface area (Å²) in [6.45, 7) is 0.148. The zero-order valence-corrected chi connectivity index (χ0v) is 10.1. The van der Waals surface area contributed by atoms with Gasteiger partial charge < -0.3 is 14.6 Å². The van der Waals surface area contributed by atoms with Gasteiger partial charge in [0.2, 0.25) is 6.79 Å². The van der Waals surface area contributed by atoms with Gasteiger partial charge in [-0.3, -0.25) is 4.79 Å². The van der Waals surface area contributed by atoms with Crippen LogP contribution >= 0.6 is 15.9 Å². The molecule has 1 aliphatic heterocycles. The van der Waals surface area contributed by atoms with E-state index >= 15 is 0 Å². The highest BCUT2D eigenvalue weighted by Crippen LogP contribution is 2.40. The predicted molar refractivity (Wildman–Crippen MR) is 61.9 cm³/mol. The molecule has 0 bridgehead atoms. The standard InChI is InChI=1S/C11H7BrO5/c12-7-3-6(1-2-8(13)11(14)15)4-9-10(7)17-5-16-9/h1-4H,5H2,(H,14,15)/b2-1+. The highest BCUT2D eigenvalue weighted by Gasteiger charge is 2.17. The van der Waals surface area contributed by atoms with Gasteiger partial charge in [0.25, 0.3) is 5.78 Å². The third kappa shape index (κ3) is 2.47. The van der Waals surface area contributed by atoms with Crippen molar-refractivity contribution < 1.29 is 24.2 Å². The number of aliphatic carboxylic acids is 1. The van der Waals surface area contributed by atoms with Crippen molar-refractivity contribution in [1.82, 2.24) is 0 Å². The molecule has 0 radical (unpaired) electrons. The zero-order valence-electron chi connectivity index (χ0n) is 8.47. The normalized spacial score (nSPS) is 13.0. The van der Waals surface area contributed by atoms with Crippen LogP contribution in [0, 0.1) is 0 Å². The minimum atomic E-state index is -1.49. The lowest BCUT2D eigenvalue weighted by Gasteiger charge is -2.00.